The molecule has 0 amide bonds. The first-order valence-corrected chi connectivity index (χ1v) is 5.26. The molecule has 1 aromatic carbocycles. The molecule has 0 N–H and O–H groups in total. The van der Waals surface area contributed by atoms with Gasteiger partial charge in [-0.05, 0) is 18.2 Å². The average molecular weight is 229 g/mol. The van der Waals surface area contributed by atoms with Crippen LogP contribution in [0, 0.1) is 0 Å². The monoisotopic (exact) mass is 229 g/mol. The SMILES string of the molecule is COc1ccc2c(=O)c3ccoc3n(C)c2c1. The maximum atomic E-state index is 12.2. The highest BCUT2D eigenvalue weighted by Crippen LogP contribution is 2.22. The van der Waals surface area contributed by atoms with Crippen molar-refractivity contribution in [2.45, 2.75) is 0 Å². The summed E-state index contributed by atoms with van der Waals surface area (Å²) in [6, 6.07) is 7.10. The molecule has 3 rings (SSSR count). The van der Waals surface area contributed by atoms with Crippen molar-refractivity contribution < 1.29 is 9.15 Å². The van der Waals surface area contributed by atoms with Crippen LogP contribution in [0.3, 0.4) is 0 Å². The molecule has 0 fully saturated rings. The Hall–Kier alpha value is -2.23. The number of furan rings is 1. The minimum atomic E-state index is -0.00972. The fourth-order valence-corrected chi connectivity index (χ4v) is 2.10. The van der Waals surface area contributed by atoms with Crippen LogP contribution in [0.4, 0.5) is 0 Å². The van der Waals surface area contributed by atoms with E-state index in [0.717, 1.165) is 11.3 Å². The van der Waals surface area contributed by atoms with E-state index in [9.17, 15) is 4.79 Å². The highest BCUT2D eigenvalue weighted by Gasteiger charge is 2.11. The summed E-state index contributed by atoms with van der Waals surface area (Å²) in [6.45, 7) is 0. The molecule has 0 atom stereocenters. The molecule has 0 bridgehead atoms. The summed E-state index contributed by atoms with van der Waals surface area (Å²) in [5, 5.41) is 1.27. The zero-order valence-electron chi connectivity index (χ0n) is 9.56. The van der Waals surface area contributed by atoms with Crippen LogP contribution in [0.25, 0.3) is 22.0 Å². The Kier molecular flexibility index (Phi) is 1.98. The van der Waals surface area contributed by atoms with Crippen molar-refractivity contribution in [3.8, 4) is 5.75 Å². The van der Waals surface area contributed by atoms with Gasteiger partial charge in [-0.25, -0.2) is 0 Å². The van der Waals surface area contributed by atoms with Gasteiger partial charge in [-0.1, -0.05) is 0 Å². The van der Waals surface area contributed by atoms with Crippen LogP contribution < -0.4 is 10.2 Å². The number of benzene rings is 1. The number of hydrogen-bond donors (Lipinski definition) is 0. The molecular weight excluding hydrogens is 218 g/mol. The fraction of sp³-hybridized carbons (Fsp3) is 0.154. The number of aryl methyl sites for hydroxylation is 1. The van der Waals surface area contributed by atoms with Gasteiger partial charge in [0.15, 0.2) is 0 Å². The molecule has 0 aliphatic heterocycles. The molecule has 0 spiro atoms. The van der Waals surface area contributed by atoms with Crippen LogP contribution in [-0.4, -0.2) is 11.7 Å². The Labute approximate surface area is 97.0 Å². The lowest BCUT2D eigenvalue weighted by atomic mass is 10.1. The predicted molar refractivity (Wildman–Crippen MR) is 65.5 cm³/mol. The summed E-state index contributed by atoms with van der Waals surface area (Å²) in [4.78, 5) is 12.2. The van der Waals surface area contributed by atoms with Crippen molar-refractivity contribution in [2.24, 2.45) is 7.05 Å². The second-order valence-corrected chi connectivity index (χ2v) is 3.91. The van der Waals surface area contributed by atoms with Gasteiger partial charge in [0.1, 0.15) is 5.75 Å². The van der Waals surface area contributed by atoms with Gasteiger partial charge in [0.2, 0.25) is 11.1 Å². The van der Waals surface area contributed by atoms with Crippen LogP contribution in [-0.2, 0) is 7.05 Å². The molecule has 4 nitrogen and oxygen atoms in total. The summed E-state index contributed by atoms with van der Waals surface area (Å²) < 4.78 is 12.4. The van der Waals surface area contributed by atoms with Gasteiger partial charge in [0.25, 0.3) is 0 Å². The van der Waals surface area contributed by atoms with Gasteiger partial charge < -0.3 is 13.7 Å². The van der Waals surface area contributed by atoms with E-state index in [0.29, 0.717) is 16.5 Å². The maximum absolute atomic E-state index is 12.2. The van der Waals surface area contributed by atoms with E-state index in [1.54, 1.807) is 25.3 Å². The van der Waals surface area contributed by atoms with Crippen LogP contribution in [0.15, 0.2) is 39.7 Å². The van der Waals surface area contributed by atoms with Gasteiger partial charge in [0.05, 0.1) is 24.3 Å². The van der Waals surface area contributed by atoms with Gasteiger partial charge in [0, 0.05) is 18.5 Å². The number of pyridine rings is 1. The first-order chi connectivity index (χ1) is 8.22. The van der Waals surface area contributed by atoms with E-state index in [1.165, 1.54) is 6.26 Å². The number of aromatic nitrogens is 1. The van der Waals surface area contributed by atoms with E-state index < -0.39 is 0 Å². The van der Waals surface area contributed by atoms with Crippen molar-refractivity contribution in [3.05, 3.63) is 40.8 Å². The standard InChI is InChI=1S/C13H11NO3/c1-14-11-7-8(16-2)3-4-9(11)12(15)10-5-6-17-13(10)14/h3-7H,1-2H3. The van der Waals surface area contributed by atoms with E-state index in [-0.39, 0.29) is 5.43 Å². The number of rotatable bonds is 1. The molecule has 86 valence electrons. The summed E-state index contributed by atoms with van der Waals surface area (Å²) >= 11 is 0. The third kappa shape index (κ3) is 1.27. The maximum Gasteiger partial charge on any atom is 0.210 e. The van der Waals surface area contributed by atoms with Crippen molar-refractivity contribution >= 4 is 22.0 Å². The van der Waals surface area contributed by atoms with E-state index in [4.69, 9.17) is 9.15 Å². The summed E-state index contributed by atoms with van der Waals surface area (Å²) in [6.07, 6.45) is 1.53. The highest BCUT2D eigenvalue weighted by molar-refractivity contribution is 5.91. The molecule has 0 unspecified atom stereocenters. The van der Waals surface area contributed by atoms with E-state index in [1.807, 2.05) is 17.7 Å². The number of fused-ring (bicyclic) bond motifs is 2. The Bertz CT molecular complexity index is 767. The number of nitrogens with zero attached hydrogens (tertiary/aromatic N) is 1. The summed E-state index contributed by atoms with van der Waals surface area (Å²) in [5.41, 5.74) is 1.37. The van der Waals surface area contributed by atoms with Crippen molar-refractivity contribution in [2.75, 3.05) is 7.11 Å². The molecule has 0 aliphatic rings. The third-order valence-electron chi connectivity index (χ3n) is 3.00. The van der Waals surface area contributed by atoms with Gasteiger partial charge in [-0.15, -0.1) is 0 Å². The van der Waals surface area contributed by atoms with Crippen LogP contribution in [0.1, 0.15) is 0 Å². The average Bonchev–Trinajstić information content (AvgIpc) is 2.85. The second-order valence-electron chi connectivity index (χ2n) is 3.91. The van der Waals surface area contributed by atoms with Crippen LogP contribution in [0.5, 0.6) is 5.75 Å². The molecule has 2 heterocycles. The number of hydrogen-bond acceptors (Lipinski definition) is 3. The Morgan fingerprint density at radius 3 is 2.82 bits per heavy atom. The van der Waals surface area contributed by atoms with Crippen molar-refractivity contribution in [1.82, 2.24) is 4.57 Å². The zero-order valence-corrected chi connectivity index (χ0v) is 9.56. The lowest BCUT2D eigenvalue weighted by Crippen LogP contribution is -2.07. The van der Waals surface area contributed by atoms with Crippen molar-refractivity contribution in [3.63, 3.8) is 0 Å². The third-order valence-corrected chi connectivity index (χ3v) is 3.00. The predicted octanol–water partition coefficient (Wildman–Crippen LogP) is 2.29. The van der Waals surface area contributed by atoms with Crippen LogP contribution in [0.2, 0.25) is 0 Å². The molecule has 0 saturated heterocycles. The molecule has 0 radical (unpaired) electrons. The minimum Gasteiger partial charge on any atom is -0.497 e. The van der Waals surface area contributed by atoms with Gasteiger partial charge in [-0.2, -0.15) is 0 Å². The molecule has 0 saturated carbocycles. The largest absolute Gasteiger partial charge is 0.497 e. The molecule has 3 aromatic rings. The normalized spacial score (nSPS) is 11.2. The quantitative estimate of drug-likeness (QED) is 0.643. The lowest BCUT2D eigenvalue weighted by molar-refractivity contribution is 0.415. The molecule has 17 heavy (non-hydrogen) atoms. The number of ether oxygens (including phenoxy) is 1. The minimum absolute atomic E-state index is 0.00972. The molecular formula is C13H11NO3. The Morgan fingerprint density at radius 1 is 1.24 bits per heavy atom. The highest BCUT2D eigenvalue weighted by atomic mass is 16.5. The Balaban J connectivity index is 2.59. The van der Waals surface area contributed by atoms with Gasteiger partial charge in [-0.3, -0.25) is 4.79 Å². The Morgan fingerprint density at radius 2 is 2.06 bits per heavy atom. The van der Waals surface area contributed by atoms with E-state index in [2.05, 4.69) is 0 Å². The molecule has 4 heteroatoms. The van der Waals surface area contributed by atoms with Crippen LogP contribution >= 0.6 is 0 Å². The lowest BCUT2D eigenvalue weighted by Gasteiger charge is -2.07. The van der Waals surface area contributed by atoms with Gasteiger partial charge >= 0.3 is 0 Å². The first-order valence-electron chi connectivity index (χ1n) is 5.26. The smallest absolute Gasteiger partial charge is 0.210 e. The molecule has 0 aliphatic carbocycles. The number of methoxy groups -OCH3 is 1. The topological polar surface area (TPSA) is 44.4 Å². The summed E-state index contributed by atoms with van der Waals surface area (Å²) in [7, 11) is 3.47. The zero-order chi connectivity index (χ0) is 12.0. The van der Waals surface area contributed by atoms with E-state index >= 15 is 0 Å². The molecule has 2 aromatic heterocycles. The summed E-state index contributed by atoms with van der Waals surface area (Å²) in [5.74, 6) is 0.721. The van der Waals surface area contributed by atoms with Crippen molar-refractivity contribution in [1.29, 1.82) is 0 Å². The first kappa shape index (κ1) is 9.96. The fourth-order valence-electron chi connectivity index (χ4n) is 2.10. The second kappa shape index (κ2) is 3.38.